The van der Waals surface area contributed by atoms with Gasteiger partial charge in [-0.25, -0.2) is 4.98 Å². The monoisotopic (exact) mass is 480 g/mol. The molecule has 2 aromatic carbocycles. The fourth-order valence-electron chi connectivity index (χ4n) is 3.00. The third kappa shape index (κ3) is 5.68. The summed E-state index contributed by atoms with van der Waals surface area (Å²) in [4.78, 5) is 4.50. The first-order valence-electron chi connectivity index (χ1n) is 9.57. The molecule has 3 aromatic rings. The third-order valence-corrected chi connectivity index (χ3v) is 6.07. The maximum absolute atomic E-state index is 13.3. The Morgan fingerprint density at radius 1 is 1.13 bits per heavy atom. The van der Waals surface area contributed by atoms with Crippen LogP contribution in [-0.4, -0.2) is 29.7 Å². The molecular weight excluding hydrogens is 459 g/mol. The number of halogens is 2. The van der Waals surface area contributed by atoms with E-state index in [4.69, 9.17) is 27.4 Å². The van der Waals surface area contributed by atoms with Crippen LogP contribution in [0.3, 0.4) is 0 Å². The van der Waals surface area contributed by atoms with Gasteiger partial charge in [0.25, 0.3) is 0 Å². The molecule has 0 atom stereocenters. The summed E-state index contributed by atoms with van der Waals surface area (Å²) < 4.78 is 33.5. The number of hydrogen-bond donors (Lipinski definition) is 1. The Balaban J connectivity index is 2.14. The zero-order chi connectivity index (χ0) is 22.6. The molecule has 0 saturated carbocycles. The van der Waals surface area contributed by atoms with E-state index in [0.29, 0.717) is 11.5 Å². The Hall–Kier alpha value is -2.32. The van der Waals surface area contributed by atoms with Gasteiger partial charge >= 0.3 is 10.1 Å². The van der Waals surface area contributed by atoms with Crippen LogP contribution in [0.15, 0.2) is 53.6 Å². The summed E-state index contributed by atoms with van der Waals surface area (Å²) >= 11 is 12.0. The van der Waals surface area contributed by atoms with Gasteiger partial charge in [-0.2, -0.15) is 8.42 Å². The quantitative estimate of drug-likeness (QED) is 0.445. The molecule has 9 heteroatoms. The summed E-state index contributed by atoms with van der Waals surface area (Å²) in [6.07, 6.45) is 3.56. The molecule has 0 saturated heterocycles. The smallest absolute Gasteiger partial charge is 0.357 e. The first-order chi connectivity index (χ1) is 14.7. The molecule has 0 aliphatic rings. The highest BCUT2D eigenvalue weighted by Crippen LogP contribution is 2.31. The lowest BCUT2D eigenvalue weighted by Crippen LogP contribution is -2.16. The maximum Gasteiger partial charge on any atom is 0.357 e. The van der Waals surface area contributed by atoms with E-state index in [9.17, 15) is 13.5 Å². The van der Waals surface area contributed by atoms with Crippen molar-refractivity contribution in [1.82, 2.24) is 9.55 Å². The predicted octanol–water partition coefficient (Wildman–Crippen LogP) is 5.24. The van der Waals surface area contributed by atoms with Crippen LogP contribution < -0.4 is 4.18 Å². The summed E-state index contributed by atoms with van der Waals surface area (Å²) in [6, 6.07) is 13.7. The topological polar surface area (TPSA) is 81.4 Å². The SMILES string of the molecule is CC(C)c1nc(CCO)n(C=Cc2ccccc2)c1S(=O)(=O)Oc1cc(Cl)cc(Cl)c1. The van der Waals surface area contributed by atoms with Crippen molar-refractivity contribution in [3.05, 3.63) is 75.7 Å². The summed E-state index contributed by atoms with van der Waals surface area (Å²) in [5.74, 6) is 0.195. The van der Waals surface area contributed by atoms with Gasteiger partial charge in [0.15, 0.2) is 0 Å². The molecule has 0 amide bonds. The molecule has 0 spiro atoms. The van der Waals surface area contributed by atoms with Crippen LogP contribution in [-0.2, 0) is 16.5 Å². The molecular formula is C22H22Cl2N2O4S. The van der Waals surface area contributed by atoms with E-state index in [0.717, 1.165) is 5.56 Å². The van der Waals surface area contributed by atoms with Gasteiger partial charge in [0.1, 0.15) is 11.6 Å². The van der Waals surface area contributed by atoms with Gasteiger partial charge in [0, 0.05) is 34.8 Å². The van der Waals surface area contributed by atoms with E-state index in [1.807, 2.05) is 44.2 Å². The average molecular weight is 481 g/mol. The van der Waals surface area contributed by atoms with E-state index in [1.165, 1.54) is 22.8 Å². The number of imidazole rings is 1. The van der Waals surface area contributed by atoms with Gasteiger partial charge < -0.3 is 9.29 Å². The molecule has 0 aliphatic heterocycles. The zero-order valence-electron chi connectivity index (χ0n) is 17.0. The van der Waals surface area contributed by atoms with Crippen molar-refractivity contribution in [3.63, 3.8) is 0 Å². The first-order valence-corrected chi connectivity index (χ1v) is 11.7. The van der Waals surface area contributed by atoms with Crippen LogP contribution in [0, 0.1) is 0 Å². The molecule has 6 nitrogen and oxygen atoms in total. The van der Waals surface area contributed by atoms with Crippen molar-refractivity contribution in [2.75, 3.05) is 6.61 Å². The van der Waals surface area contributed by atoms with Crippen molar-refractivity contribution in [2.24, 2.45) is 0 Å². The maximum atomic E-state index is 13.3. The van der Waals surface area contributed by atoms with Crippen LogP contribution in [0.4, 0.5) is 0 Å². The minimum Gasteiger partial charge on any atom is -0.396 e. The van der Waals surface area contributed by atoms with Crippen molar-refractivity contribution in [2.45, 2.75) is 31.2 Å². The second-order valence-electron chi connectivity index (χ2n) is 7.09. The molecule has 1 aromatic heterocycles. The molecule has 0 fully saturated rings. The number of nitrogens with zero attached hydrogens (tertiary/aromatic N) is 2. The summed E-state index contributed by atoms with van der Waals surface area (Å²) in [5.41, 5.74) is 1.22. The van der Waals surface area contributed by atoms with Gasteiger partial charge in [-0.3, -0.25) is 4.57 Å². The fourth-order valence-corrected chi connectivity index (χ4v) is 4.88. The number of aliphatic hydroxyl groups excluding tert-OH is 1. The van der Waals surface area contributed by atoms with Gasteiger partial charge in [-0.15, -0.1) is 0 Å². The second-order valence-corrected chi connectivity index (χ2v) is 9.42. The van der Waals surface area contributed by atoms with Gasteiger partial charge in [0.05, 0.1) is 12.3 Å². The lowest BCUT2D eigenvalue weighted by Gasteiger charge is -2.12. The first kappa shape index (κ1) is 23.3. The van der Waals surface area contributed by atoms with E-state index in [2.05, 4.69) is 4.98 Å². The molecule has 1 heterocycles. The summed E-state index contributed by atoms with van der Waals surface area (Å²) in [6.45, 7) is 3.50. The van der Waals surface area contributed by atoms with Crippen molar-refractivity contribution in [3.8, 4) is 5.75 Å². The van der Waals surface area contributed by atoms with E-state index in [-0.39, 0.29) is 39.8 Å². The van der Waals surface area contributed by atoms with Gasteiger partial charge in [0.2, 0.25) is 5.03 Å². The normalized spacial score (nSPS) is 12.1. The highest BCUT2D eigenvalue weighted by Gasteiger charge is 2.30. The number of rotatable bonds is 8. The van der Waals surface area contributed by atoms with Crippen LogP contribution in [0.1, 0.15) is 36.8 Å². The lowest BCUT2D eigenvalue weighted by atomic mass is 10.1. The van der Waals surface area contributed by atoms with Crippen molar-refractivity contribution in [1.29, 1.82) is 0 Å². The van der Waals surface area contributed by atoms with E-state index in [1.54, 1.807) is 12.3 Å². The average Bonchev–Trinajstić information content (AvgIpc) is 3.06. The molecule has 164 valence electrons. The standard InChI is InChI=1S/C22H22Cl2N2O4S/c1-15(2)21-22(31(28,29)30-19-13-17(23)12-18(24)14-19)26(20(25-21)9-11-27)10-8-16-6-4-3-5-7-16/h3-8,10,12-15,27H,9,11H2,1-2H3. The Morgan fingerprint density at radius 2 is 1.77 bits per heavy atom. The zero-order valence-corrected chi connectivity index (χ0v) is 19.3. The van der Waals surface area contributed by atoms with Crippen LogP contribution in [0.2, 0.25) is 10.0 Å². The van der Waals surface area contributed by atoms with Crippen molar-refractivity contribution < 1.29 is 17.7 Å². The van der Waals surface area contributed by atoms with Gasteiger partial charge in [-0.1, -0.05) is 67.4 Å². The summed E-state index contributed by atoms with van der Waals surface area (Å²) in [7, 11) is -4.30. The number of hydrogen-bond acceptors (Lipinski definition) is 5. The number of aliphatic hydroxyl groups is 1. The fraction of sp³-hybridized carbons (Fsp3) is 0.227. The molecule has 31 heavy (non-hydrogen) atoms. The Kier molecular flexibility index (Phi) is 7.43. The Bertz CT molecular complexity index is 1170. The minimum atomic E-state index is -4.30. The minimum absolute atomic E-state index is 0.00398. The van der Waals surface area contributed by atoms with Crippen molar-refractivity contribution >= 4 is 45.6 Å². The molecule has 3 rings (SSSR count). The second kappa shape index (κ2) is 9.87. The molecule has 0 radical (unpaired) electrons. The predicted molar refractivity (Wildman–Crippen MR) is 123 cm³/mol. The Morgan fingerprint density at radius 3 is 2.35 bits per heavy atom. The highest BCUT2D eigenvalue weighted by molar-refractivity contribution is 7.87. The van der Waals surface area contributed by atoms with E-state index >= 15 is 0 Å². The Labute approximate surface area is 191 Å². The van der Waals surface area contributed by atoms with Gasteiger partial charge in [-0.05, 0) is 23.6 Å². The largest absolute Gasteiger partial charge is 0.396 e. The van der Waals surface area contributed by atoms with Crippen LogP contribution in [0.5, 0.6) is 5.75 Å². The molecule has 0 unspecified atom stereocenters. The van der Waals surface area contributed by atoms with Crippen LogP contribution >= 0.6 is 23.2 Å². The van der Waals surface area contributed by atoms with Crippen LogP contribution in [0.25, 0.3) is 12.3 Å². The number of aromatic nitrogens is 2. The van der Waals surface area contributed by atoms with E-state index < -0.39 is 10.1 Å². The highest BCUT2D eigenvalue weighted by atomic mass is 35.5. The lowest BCUT2D eigenvalue weighted by molar-refractivity contribution is 0.296. The third-order valence-electron chi connectivity index (χ3n) is 4.34. The molecule has 0 bridgehead atoms. The molecule has 1 N–H and O–H groups in total. The number of benzene rings is 2. The molecule has 0 aliphatic carbocycles. The summed E-state index contributed by atoms with van der Waals surface area (Å²) in [5, 5.41) is 9.88.